The van der Waals surface area contributed by atoms with Gasteiger partial charge in [0.05, 0.1) is 0 Å². The Balaban J connectivity index is 1.14. The largest absolute Gasteiger partial charge is 0.350 e. The number of aryl methyl sites for hydroxylation is 1. The zero-order valence-corrected chi connectivity index (χ0v) is 23.7. The van der Waals surface area contributed by atoms with E-state index >= 15 is 0 Å². The van der Waals surface area contributed by atoms with Crippen LogP contribution in [0, 0.1) is 6.92 Å². The summed E-state index contributed by atoms with van der Waals surface area (Å²) in [7, 11) is 0. The van der Waals surface area contributed by atoms with Crippen LogP contribution in [0.1, 0.15) is 58.6 Å². The molecule has 4 aromatic carbocycles. The van der Waals surface area contributed by atoms with Crippen molar-refractivity contribution in [2.24, 2.45) is 0 Å². The van der Waals surface area contributed by atoms with E-state index in [1.807, 2.05) is 85.8 Å². The molecule has 0 aliphatic heterocycles. The van der Waals surface area contributed by atoms with Gasteiger partial charge < -0.3 is 16.0 Å². The van der Waals surface area contributed by atoms with Gasteiger partial charge in [0, 0.05) is 24.1 Å². The number of rotatable bonds is 13. The zero-order valence-electron chi connectivity index (χ0n) is 23.7. The molecule has 210 valence electrons. The molecule has 4 aromatic rings. The Morgan fingerprint density at radius 1 is 0.780 bits per heavy atom. The first-order valence-electron chi connectivity index (χ1n) is 14.6. The molecule has 0 spiro atoms. The highest BCUT2D eigenvalue weighted by Gasteiger charge is 2.37. The van der Waals surface area contributed by atoms with E-state index in [2.05, 4.69) is 46.3 Å². The molecular formula is C36H39N3O2. The van der Waals surface area contributed by atoms with Crippen molar-refractivity contribution in [3.05, 3.63) is 131 Å². The summed E-state index contributed by atoms with van der Waals surface area (Å²) in [6, 6.07) is 36.3. The summed E-state index contributed by atoms with van der Waals surface area (Å²) in [5, 5.41) is 9.69. The first-order valence-corrected chi connectivity index (χ1v) is 14.6. The summed E-state index contributed by atoms with van der Waals surface area (Å²) >= 11 is 0. The molecule has 3 atom stereocenters. The van der Waals surface area contributed by atoms with E-state index in [9.17, 15) is 9.59 Å². The third-order valence-electron chi connectivity index (χ3n) is 7.81. The van der Waals surface area contributed by atoms with E-state index < -0.39 is 6.04 Å². The van der Waals surface area contributed by atoms with E-state index in [4.69, 9.17) is 0 Å². The van der Waals surface area contributed by atoms with Crippen LogP contribution in [-0.2, 0) is 11.3 Å². The molecule has 1 aliphatic rings. The van der Waals surface area contributed by atoms with E-state index in [0.29, 0.717) is 30.5 Å². The van der Waals surface area contributed by atoms with Crippen molar-refractivity contribution in [1.82, 2.24) is 16.0 Å². The highest BCUT2D eigenvalue weighted by molar-refractivity contribution is 5.97. The third-order valence-corrected chi connectivity index (χ3v) is 7.81. The lowest BCUT2D eigenvalue weighted by Gasteiger charge is -2.19. The van der Waals surface area contributed by atoms with E-state index in [1.165, 1.54) is 17.5 Å². The summed E-state index contributed by atoms with van der Waals surface area (Å²) in [5.74, 6) is 0.213. The molecule has 1 aliphatic carbocycles. The van der Waals surface area contributed by atoms with Crippen LogP contribution in [0.4, 0.5) is 0 Å². The van der Waals surface area contributed by atoms with Gasteiger partial charge in [-0.3, -0.25) is 9.59 Å². The average molecular weight is 546 g/mol. The minimum absolute atomic E-state index is 0.154. The van der Waals surface area contributed by atoms with Crippen molar-refractivity contribution < 1.29 is 9.59 Å². The third kappa shape index (κ3) is 8.15. The molecule has 41 heavy (non-hydrogen) atoms. The lowest BCUT2D eigenvalue weighted by molar-refractivity contribution is -0.123. The predicted octanol–water partition coefficient (Wildman–Crippen LogP) is 6.39. The quantitative estimate of drug-likeness (QED) is 0.171. The van der Waals surface area contributed by atoms with E-state index in [1.54, 1.807) is 0 Å². The smallest absolute Gasteiger partial charge is 0.251 e. The lowest BCUT2D eigenvalue weighted by Crippen LogP contribution is -2.46. The van der Waals surface area contributed by atoms with Crippen molar-refractivity contribution in [2.45, 2.75) is 57.2 Å². The Morgan fingerprint density at radius 2 is 1.44 bits per heavy atom. The normalized spacial score (nSPS) is 16.5. The second kappa shape index (κ2) is 13.9. The number of carbonyl (C=O) groups excluding carboxylic acids is 2. The summed E-state index contributed by atoms with van der Waals surface area (Å²) < 4.78 is 0. The fourth-order valence-electron chi connectivity index (χ4n) is 5.22. The minimum Gasteiger partial charge on any atom is -0.350 e. The molecule has 1 fully saturated rings. The Morgan fingerprint density at radius 3 is 2.15 bits per heavy atom. The first-order chi connectivity index (χ1) is 20.1. The molecule has 3 N–H and O–H groups in total. The summed E-state index contributed by atoms with van der Waals surface area (Å²) in [4.78, 5) is 26.4. The fraction of sp³-hybridized carbons (Fsp3) is 0.278. The van der Waals surface area contributed by atoms with Gasteiger partial charge in [0.1, 0.15) is 6.04 Å². The molecule has 5 rings (SSSR count). The number of nitrogens with one attached hydrogen (secondary N) is 3. The monoisotopic (exact) mass is 545 g/mol. The van der Waals surface area contributed by atoms with Crippen LogP contribution in [0.3, 0.4) is 0 Å². The maximum atomic E-state index is 13.2. The summed E-state index contributed by atoms with van der Waals surface area (Å²) in [6.07, 6.45) is 3.54. The van der Waals surface area contributed by atoms with Gasteiger partial charge in [0.15, 0.2) is 0 Å². The topological polar surface area (TPSA) is 70.2 Å². The van der Waals surface area contributed by atoms with Crippen molar-refractivity contribution in [3.8, 4) is 11.1 Å². The SMILES string of the molecule is Cc1ccc(CNC(=O)[C@H](CCCCN[C@H]2C[C@@H]2c2ccccc2)NC(=O)c2ccc(-c3ccccc3)cc2)cc1. The number of unbranched alkanes of at least 4 members (excludes halogenated alkanes) is 1. The summed E-state index contributed by atoms with van der Waals surface area (Å²) in [6.45, 7) is 3.38. The van der Waals surface area contributed by atoms with Gasteiger partial charge in [-0.2, -0.15) is 0 Å². The predicted molar refractivity (Wildman–Crippen MR) is 166 cm³/mol. The van der Waals surface area contributed by atoms with Crippen molar-refractivity contribution >= 4 is 11.8 Å². The minimum atomic E-state index is -0.597. The number of benzene rings is 4. The molecule has 2 amide bonds. The fourth-order valence-corrected chi connectivity index (χ4v) is 5.22. The Kier molecular flexibility index (Phi) is 9.61. The number of hydrogen-bond donors (Lipinski definition) is 3. The molecule has 1 saturated carbocycles. The molecule has 0 heterocycles. The lowest BCUT2D eigenvalue weighted by atomic mass is 10.0. The molecule has 0 saturated heterocycles. The average Bonchev–Trinajstić information content (AvgIpc) is 3.80. The molecule has 0 bridgehead atoms. The van der Waals surface area contributed by atoms with Crippen LogP contribution < -0.4 is 16.0 Å². The zero-order chi connectivity index (χ0) is 28.4. The van der Waals surface area contributed by atoms with Crippen LogP contribution >= 0.6 is 0 Å². The van der Waals surface area contributed by atoms with Crippen molar-refractivity contribution in [2.75, 3.05) is 6.54 Å². The molecule has 0 unspecified atom stereocenters. The van der Waals surface area contributed by atoms with Gasteiger partial charge >= 0.3 is 0 Å². The molecule has 5 nitrogen and oxygen atoms in total. The van der Waals surface area contributed by atoms with Gasteiger partial charge in [-0.1, -0.05) is 103 Å². The van der Waals surface area contributed by atoms with Crippen molar-refractivity contribution in [3.63, 3.8) is 0 Å². The highest BCUT2D eigenvalue weighted by atomic mass is 16.2. The second-order valence-corrected chi connectivity index (χ2v) is 11.0. The maximum Gasteiger partial charge on any atom is 0.251 e. The number of amides is 2. The summed E-state index contributed by atoms with van der Waals surface area (Å²) in [5.41, 5.74) is 6.30. The number of hydrogen-bond acceptors (Lipinski definition) is 3. The Bertz CT molecular complexity index is 1400. The van der Waals surface area contributed by atoms with E-state index in [-0.39, 0.29) is 11.8 Å². The van der Waals surface area contributed by atoms with Crippen LogP contribution in [0.15, 0.2) is 109 Å². The Labute approximate surface area is 243 Å². The van der Waals surface area contributed by atoms with Gasteiger partial charge in [0.25, 0.3) is 5.91 Å². The molecule has 0 radical (unpaired) electrons. The van der Waals surface area contributed by atoms with E-state index in [0.717, 1.165) is 36.1 Å². The second-order valence-electron chi connectivity index (χ2n) is 11.0. The van der Waals surface area contributed by atoms with Gasteiger partial charge in [-0.15, -0.1) is 0 Å². The van der Waals surface area contributed by atoms with Crippen LogP contribution in [0.5, 0.6) is 0 Å². The van der Waals surface area contributed by atoms with Crippen molar-refractivity contribution in [1.29, 1.82) is 0 Å². The molecular weight excluding hydrogens is 506 g/mol. The van der Waals surface area contributed by atoms with Gasteiger partial charge in [0.2, 0.25) is 5.91 Å². The first kappa shape index (κ1) is 28.3. The standard InChI is InChI=1S/C36H39N3O2/c1-26-15-17-27(18-16-26)25-38-36(41)33(14-8-9-23-37-34-24-32(34)30-12-6-3-7-13-30)39-35(40)31-21-19-29(20-22-31)28-10-4-2-5-11-28/h2-7,10-13,15-22,32-34,37H,8-9,14,23-25H2,1H3,(H,38,41)(H,39,40)/t32-,33+,34+/m1/s1. The van der Waals surface area contributed by atoms with Crippen LogP contribution in [0.25, 0.3) is 11.1 Å². The van der Waals surface area contributed by atoms with Gasteiger partial charge in [-0.05, 0) is 73.5 Å². The maximum absolute atomic E-state index is 13.2. The molecule has 5 heteroatoms. The Hall–Kier alpha value is -4.22. The number of carbonyl (C=O) groups is 2. The van der Waals surface area contributed by atoms with Crippen LogP contribution in [0.2, 0.25) is 0 Å². The molecule has 0 aromatic heterocycles. The highest BCUT2D eigenvalue weighted by Crippen LogP contribution is 2.40. The van der Waals surface area contributed by atoms with Crippen LogP contribution in [-0.4, -0.2) is 30.4 Å². The van der Waals surface area contributed by atoms with Gasteiger partial charge in [-0.25, -0.2) is 0 Å².